The zero-order valence-electron chi connectivity index (χ0n) is 9.31. The summed E-state index contributed by atoms with van der Waals surface area (Å²) in [4.78, 5) is 0.853. The molecule has 84 valence electrons. The second-order valence-corrected chi connectivity index (χ2v) is 4.61. The third-order valence-electron chi connectivity index (χ3n) is 2.52. The van der Waals surface area contributed by atoms with Crippen LogP contribution in [0, 0.1) is 6.92 Å². The van der Waals surface area contributed by atoms with Crippen LogP contribution in [0.3, 0.4) is 0 Å². The summed E-state index contributed by atoms with van der Waals surface area (Å²) in [6, 6.07) is 9.76. The van der Waals surface area contributed by atoms with Gasteiger partial charge in [0.2, 0.25) is 0 Å². The van der Waals surface area contributed by atoms with Gasteiger partial charge in [0.15, 0.2) is 0 Å². The highest BCUT2D eigenvalue weighted by molar-refractivity contribution is 7.10. The number of benzene rings is 1. The normalized spacial score (nSPS) is 12.4. The van der Waals surface area contributed by atoms with Gasteiger partial charge in [-0.3, -0.25) is 0 Å². The van der Waals surface area contributed by atoms with Crippen molar-refractivity contribution in [2.75, 3.05) is 7.11 Å². The molecule has 1 aromatic carbocycles. The maximum absolute atomic E-state index is 10.2. The Kier molecular flexibility index (Phi) is 3.27. The van der Waals surface area contributed by atoms with Crippen LogP contribution in [0.1, 0.15) is 22.1 Å². The van der Waals surface area contributed by atoms with Crippen LogP contribution in [-0.4, -0.2) is 12.2 Å². The lowest BCUT2D eigenvalue weighted by molar-refractivity contribution is 0.219. The predicted molar refractivity (Wildman–Crippen MR) is 66.1 cm³/mol. The summed E-state index contributed by atoms with van der Waals surface area (Å²) in [5.74, 6) is 0.748. The Morgan fingerprint density at radius 1 is 1.19 bits per heavy atom. The summed E-state index contributed by atoms with van der Waals surface area (Å²) >= 11 is 1.51. The summed E-state index contributed by atoms with van der Waals surface area (Å²) in [5.41, 5.74) is 2.08. The molecule has 0 bridgehead atoms. The predicted octanol–water partition coefficient (Wildman–Crippen LogP) is 3.15. The Hall–Kier alpha value is -1.32. The molecule has 2 nitrogen and oxygen atoms in total. The molecule has 2 rings (SSSR count). The van der Waals surface area contributed by atoms with E-state index in [4.69, 9.17) is 4.74 Å². The Bertz CT molecular complexity index is 459. The fourth-order valence-corrected chi connectivity index (χ4v) is 2.45. The van der Waals surface area contributed by atoms with Crippen molar-refractivity contribution in [3.05, 3.63) is 51.7 Å². The lowest BCUT2D eigenvalue weighted by Crippen LogP contribution is -1.99. The van der Waals surface area contributed by atoms with Gasteiger partial charge in [-0.2, -0.15) is 0 Å². The van der Waals surface area contributed by atoms with Crippen LogP contribution in [0.2, 0.25) is 0 Å². The number of hydrogen-bond acceptors (Lipinski definition) is 3. The van der Waals surface area contributed by atoms with Crippen molar-refractivity contribution in [3.63, 3.8) is 0 Å². The summed E-state index contributed by atoms with van der Waals surface area (Å²) in [5, 5.41) is 12.1. The highest BCUT2D eigenvalue weighted by Crippen LogP contribution is 2.34. The van der Waals surface area contributed by atoms with E-state index in [-0.39, 0.29) is 0 Å². The Labute approximate surface area is 99.1 Å². The van der Waals surface area contributed by atoms with Crippen LogP contribution in [0.5, 0.6) is 5.75 Å². The van der Waals surface area contributed by atoms with Crippen molar-refractivity contribution < 1.29 is 9.84 Å². The number of thiophene rings is 1. The summed E-state index contributed by atoms with van der Waals surface area (Å²) in [7, 11) is 1.62. The maximum atomic E-state index is 10.2. The molecule has 0 saturated heterocycles. The van der Waals surface area contributed by atoms with Crippen molar-refractivity contribution in [3.8, 4) is 5.75 Å². The molecule has 0 aliphatic carbocycles. The monoisotopic (exact) mass is 234 g/mol. The van der Waals surface area contributed by atoms with Crippen LogP contribution in [0.25, 0.3) is 0 Å². The largest absolute Gasteiger partial charge is 0.495 e. The minimum atomic E-state index is -0.601. The third kappa shape index (κ3) is 2.10. The molecule has 0 aliphatic rings. The first-order valence-electron chi connectivity index (χ1n) is 5.08. The first-order chi connectivity index (χ1) is 7.72. The average Bonchev–Trinajstić information content (AvgIpc) is 2.77. The van der Waals surface area contributed by atoms with Gasteiger partial charge in [-0.15, -0.1) is 11.3 Å². The van der Waals surface area contributed by atoms with Crippen LogP contribution >= 0.6 is 11.3 Å². The number of methoxy groups -OCH3 is 1. The SMILES string of the molecule is COc1ccsc1C(O)c1ccc(C)cc1. The van der Waals surface area contributed by atoms with E-state index in [2.05, 4.69) is 0 Å². The number of rotatable bonds is 3. The molecule has 1 aromatic heterocycles. The first-order valence-corrected chi connectivity index (χ1v) is 5.96. The average molecular weight is 234 g/mol. The van der Waals surface area contributed by atoms with Gasteiger partial charge in [-0.05, 0) is 23.9 Å². The fraction of sp³-hybridized carbons (Fsp3) is 0.231. The second kappa shape index (κ2) is 4.68. The number of aliphatic hydroxyl groups is 1. The van der Waals surface area contributed by atoms with Crippen molar-refractivity contribution >= 4 is 11.3 Å². The van der Waals surface area contributed by atoms with Gasteiger partial charge in [0.25, 0.3) is 0 Å². The lowest BCUT2D eigenvalue weighted by atomic mass is 10.1. The van der Waals surface area contributed by atoms with Gasteiger partial charge in [0, 0.05) is 0 Å². The maximum Gasteiger partial charge on any atom is 0.135 e. The molecule has 0 aliphatic heterocycles. The molecular formula is C13H14O2S. The molecule has 3 heteroatoms. The van der Waals surface area contributed by atoms with Crippen LogP contribution in [-0.2, 0) is 0 Å². The number of hydrogen-bond donors (Lipinski definition) is 1. The van der Waals surface area contributed by atoms with E-state index < -0.39 is 6.10 Å². The van der Waals surface area contributed by atoms with Gasteiger partial charge < -0.3 is 9.84 Å². The molecule has 0 amide bonds. The van der Waals surface area contributed by atoms with Crippen molar-refractivity contribution in [1.29, 1.82) is 0 Å². The van der Waals surface area contributed by atoms with Crippen molar-refractivity contribution in [1.82, 2.24) is 0 Å². The van der Waals surface area contributed by atoms with Gasteiger partial charge in [0.05, 0.1) is 12.0 Å². The van der Waals surface area contributed by atoms with Crippen LogP contribution in [0.4, 0.5) is 0 Å². The van der Waals surface area contributed by atoms with Gasteiger partial charge in [-0.1, -0.05) is 29.8 Å². The highest BCUT2D eigenvalue weighted by Gasteiger charge is 2.16. The molecule has 1 atom stereocenters. The lowest BCUT2D eigenvalue weighted by Gasteiger charge is -2.11. The van der Waals surface area contributed by atoms with E-state index in [1.165, 1.54) is 16.9 Å². The summed E-state index contributed by atoms with van der Waals surface area (Å²) in [6.07, 6.45) is -0.601. The standard InChI is InChI=1S/C13H14O2S/c1-9-3-5-10(6-4-9)12(14)13-11(15-2)7-8-16-13/h3-8,12,14H,1-2H3. The van der Waals surface area contributed by atoms with Crippen LogP contribution < -0.4 is 4.74 Å². The molecule has 0 radical (unpaired) electrons. The second-order valence-electron chi connectivity index (χ2n) is 3.67. The molecule has 0 saturated carbocycles. The van der Waals surface area contributed by atoms with E-state index in [0.717, 1.165) is 16.2 Å². The summed E-state index contributed by atoms with van der Waals surface area (Å²) in [6.45, 7) is 2.03. The van der Waals surface area contributed by atoms with E-state index >= 15 is 0 Å². The number of ether oxygens (including phenoxy) is 1. The van der Waals surface area contributed by atoms with Gasteiger partial charge in [0.1, 0.15) is 11.9 Å². The molecule has 1 unspecified atom stereocenters. The quantitative estimate of drug-likeness (QED) is 0.884. The minimum Gasteiger partial charge on any atom is -0.495 e. The fourth-order valence-electron chi connectivity index (χ4n) is 1.58. The molecule has 0 spiro atoms. The van der Waals surface area contributed by atoms with E-state index in [9.17, 15) is 5.11 Å². The van der Waals surface area contributed by atoms with Crippen molar-refractivity contribution in [2.24, 2.45) is 0 Å². The molecule has 1 heterocycles. The Morgan fingerprint density at radius 2 is 1.88 bits per heavy atom. The number of aryl methyl sites for hydroxylation is 1. The Balaban J connectivity index is 2.31. The molecule has 0 fully saturated rings. The zero-order chi connectivity index (χ0) is 11.5. The molecular weight excluding hydrogens is 220 g/mol. The van der Waals surface area contributed by atoms with E-state index in [1.54, 1.807) is 7.11 Å². The molecule has 1 N–H and O–H groups in total. The zero-order valence-corrected chi connectivity index (χ0v) is 10.1. The summed E-state index contributed by atoms with van der Waals surface area (Å²) < 4.78 is 5.20. The van der Waals surface area contributed by atoms with Gasteiger partial charge in [-0.25, -0.2) is 0 Å². The van der Waals surface area contributed by atoms with E-state index in [0.29, 0.717) is 0 Å². The third-order valence-corrected chi connectivity index (χ3v) is 3.47. The molecule has 16 heavy (non-hydrogen) atoms. The topological polar surface area (TPSA) is 29.5 Å². The van der Waals surface area contributed by atoms with E-state index in [1.807, 2.05) is 42.6 Å². The van der Waals surface area contributed by atoms with Crippen LogP contribution in [0.15, 0.2) is 35.7 Å². The number of aliphatic hydroxyl groups excluding tert-OH is 1. The highest BCUT2D eigenvalue weighted by atomic mass is 32.1. The minimum absolute atomic E-state index is 0.601. The smallest absolute Gasteiger partial charge is 0.135 e. The first kappa shape index (κ1) is 11.2. The van der Waals surface area contributed by atoms with Crippen molar-refractivity contribution in [2.45, 2.75) is 13.0 Å². The molecule has 2 aromatic rings. The Morgan fingerprint density at radius 3 is 2.50 bits per heavy atom. The van der Waals surface area contributed by atoms with Gasteiger partial charge >= 0.3 is 0 Å².